The molecule has 0 aromatic heterocycles. The Morgan fingerprint density at radius 3 is 2.25 bits per heavy atom. The molecule has 0 radical (unpaired) electrons. The van der Waals surface area contributed by atoms with Crippen LogP contribution in [0.2, 0.25) is 0 Å². The zero-order valence-corrected chi connectivity index (χ0v) is 24.5. The lowest BCUT2D eigenvalue weighted by molar-refractivity contribution is -0.139. The molecule has 1 N–H and O–H groups in total. The molecule has 7 nitrogen and oxygen atoms in total. The molecule has 1 atom stereocenters. The zero-order chi connectivity index (χ0) is 28.2. The van der Waals surface area contributed by atoms with Crippen LogP contribution in [0.5, 0.6) is 0 Å². The molecule has 3 fully saturated rings. The van der Waals surface area contributed by atoms with Gasteiger partial charge < -0.3 is 15.1 Å². The van der Waals surface area contributed by atoms with Crippen LogP contribution in [0.25, 0.3) is 0 Å². The Bertz CT molecular complexity index is 1260. The molecular formula is C32H43N3O4S. The van der Waals surface area contributed by atoms with Gasteiger partial charge in [-0.05, 0) is 74.9 Å². The summed E-state index contributed by atoms with van der Waals surface area (Å²) in [5.74, 6) is 0.582. The summed E-state index contributed by atoms with van der Waals surface area (Å²) in [7, 11) is -3.23. The van der Waals surface area contributed by atoms with E-state index in [1.165, 1.54) is 12.7 Å². The monoisotopic (exact) mass is 565 g/mol. The minimum absolute atomic E-state index is 0.00389. The van der Waals surface area contributed by atoms with E-state index in [2.05, 4.69) is 22.3 Å². The summed E-state index contributed by atoms with van der Waals surface area (Å²) in [5, 5.41) is 3.38. The van der Waals surface area contributed by atoms with Gasteiger partial charge in [-0.3, -0.25) is 9.59 Å². The first kappa shape index (κ1) is 28.8. The van der Waals surface area contributed by atoms with E-state index in [-0.39, 0.29) is 29.2 Å². The first-order valence-corrected chi connectivity index (χ1v) is 16.8. The van der Waals surface area contributed by atoms with Gasteiger partial charge in [0.25, 0.3) is 0 Å². The van der Waals surface area contributed by atoms with Gasteiger partial charge >= 0.3 is 0 Å². The number of hydrogen-bond acceptors (Lipinski definition) is 5. The highest BCUT2D eigenvalue weighted by atomic mass is 32.2. The van der Waals surface area contributed by atoms with Gasteiger partial charge in [0.05, 0.1) is 16.4 Å². The van der Waals surface area contributed by atoms with Crippen molar-refractivity contribution in [1.82, 2.24) is 15.1 Å². The fourth-order valence-corrected chi connectivity index (χ4v) is 7.38. The lowest BCUT2D eigenvalue weighted by Crippen LogP contribution is -2.45. The topological polar surface area (TPSA) is 86.8 Å². The number of rotatable bonds is 9. The molecule has 2 saturated heterocycles. The van der Waals surface area contributed by atoms with Crippen LogP contribution in [0.1, 0.15) is 75.0 Å². The average Bonchev–Trinajstić information content (AvgIpc) is 3.26. The van der Waals surface area contributed by atoms with Crippen LogP contribution in [-0.4, -0.2) is 62.5 Å². The first-order chi connectivity index (χ1) is 19.2. The van der Waals surface area contributed by atoms with E-state index >= 15 is 0 Å². The first-order valence-electron chi connectivity index (χ1n) is 14.9. The third kappa shape index (κ3) is 6.77. The minimum Gasteiger partial charge on any atom is -0.349 e. The highest BCUT2D eigenvalue weighted by molar-refractivity contribution is 7.90. The van der Waals surface area contributed by atoms with Crippen LogP contribution in [0.4, 0.5) is 0 Å². The molecule has 2 aromatic carbocycles. The van der Waals surface area contributed by atoms with E-state index in [1.807, 2.05) is 35.2 Å². The van der Waals surface area contributed by atoms with Crippen molar-refractivity contribution in [2.24, 2.45) is 11.3 Å². The Balaban J connectivity index is 1.14. The predicted octanol–water partition coefficient (Wildman–Crippen LogP) is 4.73. The van der Waals surface area contributed by atoms with Crippen LogP contribution in [0.15, 0.2) is 59.5 Å². The van der Waals surface area contributed by atoms with Gasteiger partial charge in [-0.15, -0.1) is 0 Å². The van der Waals surface area contributed by atoms with Gasteiger partial charge in [-0.1, -0.05) is 61.7 Å². The Kier molecular flexibility index (Phi) is 8.95. The number of likely N-dealkylation sites (tertiary alicyclic amines) is 2. The van der Waals surface area contributed by atoms with Crippen LogP contribution < -0.4 is 5.32 Å². The second-order valence-corrected chi connectivity index (χ2v) is 14.1. The summed E-state index contributed by atoms with van der Waals surface area (Å²) in [6.45, 7) is 3.94. The Hall–Kier alpha value is -2.71. The van der Waals surface area contributed by atoms with E-state index < -0.39 is 9.84 Å². The van der Waals surface area contributed by atoms with Crippen LogP contribution >= 0.6 is 0 Å². The Morgan fingerprint density at radius 2 is 1.60 bits per heavy atom. The number of carbonyl (C=O) groups excluding carboxylic acids is 2. The summed E-state index contributed by atoms with van der Waals surface area (Å²) >= 11 is 0. The van der Waals surface area contributed by atoms with Crippen LogP contribution in [0, 0.1) is 11.3 Å². The van der Waals surface area contributed by atoms with Gasteiger partial charge in [-0.2, -0.15) is 0 Å². The van der Waals surface area contributed by atoms with E-state index in [1.54, 1.807) is 12.1 Å². The molecule has 216 valence electrons. The molecular weight excluding hydrogens is 522 g/mol. The highest BCUT2D eigenvalue weighted by Crippen LogP contribution is 2.42. The van der Waals surface area contributed by atoms with E-state index in [4.69, 9.17) is 0 Å². The molecule has 0 bridgehead atoms. The van der Waals surface area contributed by atoms with Crippen molar-refractivity contribution in [3.05, 3.63) is 65.7 Å². The number of nitrogens with one attached hydrogen (secondary N) is 1. The number of sulfone groups is 1. The normalized spacial score (nSPS) is 21.0. The maximum absolute atomic E-state index is 13.5. The fourth-order valence-electron chi connectivity index (χ4n) is 6.75. The predicted molar refractivity (Wildman–Crippen MR) is 156 cm³/mol. The highest BCUT2D eigenvalue weighted by Gasteiger charge is 2.47. The third-order valence-electron chi connectivity index (χ3n) is 9.37. The maximum atomic E-state index is 13.5. The molecule has 5 rings (SSSR count). The van der Waals surface area contributed by atoms with Crippen LogP contribution in [-0.2, 0) is 26.0 Å². The number of nitrogens with zero attached hydrogens (tertiary/aromatic N) is 2. The fraction of sp³-hybridized carbons (Fsp3) is 0.562. The van der Waals surface area contributed by atoms with Gasteiger partial charge in [0, 0.05) is 31.8 Å². The zero-order valence-electron chi connectivity index (χ0n) is 23.7. The van der Waals surface area contributed by atoms with Crippen molar-refractivity contribution in [2.75, 3.05) is 32.4 Å². The standard InChI is InChI=1S/C32H43N3O4S/c1-40(38,39)28-14-12-25(13-15-28)24-35-23-19-32(31(35)37)17-21-34(22-18-32)20-16-29(26-8-4-2-5-9-26)33-30(36)27-10-6-3-7-11-27/h2,4-5,8-9,12-15,27,29H,3,6-7,10-11,16-24H2,1H3,(H,33,36)/t29-/m0/s1. The number of piperidine rings is 1. The molecule has 0 unspecified atom stereocenters. The third-order valence-corrected chi connectivity index (χ3v) is 10.5. The molecule has 8 heteroatoms. The van der Waals surface area contributed by atoms with Gasteiger partial charge in [0.1, 0.15) is 0 Å². The molecule has 1 spiro atoms. The van der Waals surface area contributed by atoms with Crippen molar-refractivity contribution in [2.45, 2.75) is 75.3 Å². The molecule has 40 heavy (non-hydrogen) atoms. The SMILES string of the molecule is CS(=O)(=O)c1ccc(CN2CCC3(CCN(CC[C@H](NC(=O)C4CCCCC4)c4ccccc4)CC3)C2=O)cc1. The lowest BCUT2D eigenvalue weighted by atomic mass is 9.77. The second-order valence-electron chi connectivity index (χ2n) is 12.1. The smallest absolute Gasteiger partial charge is 0.229 e. The van der Waals surface area contributed by atoms with Crippen molar-refractivity contribution in [3.63, 3.8) is 0 Å². The van der Waals surface area contributed by atoms with E-state index in [0.29, 0.717) is 11.4 Å². The van der Waals surface area contributed by atoms with Crippen LogP contribution in [0.3, 0.4) is 0 Å². The number of carbonyl (C=O) groups is 2. The second kappa shape index (κ2) is 12.4. The summed E-state index contributed by atoms with van der Waals surface area (Å²) in [4.78, 5) is 31.3. The number of hydrogen-bond donors (Lipinski definition) is 1. The summed E-state index contributed by atoms with van der Waals surface area (Å²) in [5.41, 5.74) is 1.83. The summed E-state index contributed by atoms with van der Waals surface area (Å²) in [6.07, 6.45) is 10.2. The van der Waals surface area contributed by atoms with Gasteiger partial charge in [0.2, 0.25) is 11.8 Å². The summed E-state index contributed by atoms with van der Waals surface area (Å²) in [6, 6.07) is 17.2. The molecule has 1 aliphatic carbocycles. The van der Waals surface area contributed by atoms with E-state index in [9.17, 15) is 18.0 Å². The van der Waals surface area contributed by atoms with Gasteiger partial charge in [-0.25, -0.2) is 8.42 Å². The van der Waals surface area contributed by atoms with Crippen molar-refractivity contribution in [3.8, 4) is 0 Å². The average molecular weight is 566 g/mol. The lowest BCUT2D eigenvalue weighted by Gasteiger charge is -2.38. The minimum atomic E-state index is -3.23. The largest absolute Gasteiger partial charge is 0.349 e. The molecule has 2 amide bonds. The molecule has 2 aromatic rings. The van der Waals surface area contributed by atoms with Crippen molar-refractivity contribution >= 4 is 21.7 Å². The van der Waals surface area contributed by atoms with Crippen molar-refractivity contribution in [1.29, 1.82) is 0 Å². The molecule has 1 saturated carbocycles. The maximum Gasteiger partial charge on any atom is 0.229 e. The number of benzene rings is 2. The Labute approximate surface area is 239 Å². The van der Waals surface area contributed by atoms with Gasteiger partial charge in [0.15, 0.2) is 9.84 Å². The quantitative estimate of drug-likeness (QED) is 0.475. The number of amides is 2. The molecule has 2 heterocycles. The molecule has 2 aliphatic heterocycles. The summed E-state index contributed by atoms with van der Waals surface area (Å²) < 4.78 is 23.5. The Morgan fingerprint density at radius 1 is 0.950 bits per heavy atom. The van der Waals surface area contributed by atoms with Crippen molar-refractivity contribution < 1.29 is 18.0 Å². The van der Waals surface area contributed by atoms with E-state index in [0.717, 1.165) is 88.7 Å². The molecule has 3 aliphatic rings.